The van der Waals surface area contributed by atoms with Gasteiger partial charge in [0, 0.05) is 18.2 Å². The van der Waals surface area contributed by atoms with Crippen LogP contribution in [-0.2, 0) is 4.79 Å². The number of non-ortho nitro benzene ring substituents is 1. The molecule has 0 aliphatic carbocycles. The van der Waals surface area contributed by atoms with Gasteiger partial charge in [0.25, 0.3) is 5.69 Å². The minimum absolute atomic E-state index is 0.245. The summed E-state index contributed by atoms with van der Waals surface area (Å²) < 4.78 is 37.5. The molecule has 0 aromatic heterocycles. The first-order chi connectivity index (χ1) is 9.60. The largest absolute Gasteiger partial charge is 0.480 e. The molecule has 0 fully saturated rings. The Hall–Kier alpha value is -2.16. The van der Waals surface area contributed by atoms with Crippen LogP contribution in [0.25, 0.3) is 0 Å². The lowest BCUT2D eigenvalue weighted by Gasteiger charge is -2.28. The molecule has 0 radical (unpaired) electrons. The highest BCUT2D eigenvalue weighted by atomic mass is 19.4. The molecule has 9 heteroatoms. The molecule has 0 spiro atoms. The second-order valence-electron chi connectivity index (χ2n) is 4.44. The summed E-state index contributed by atoms with van der Waals surface area (Å²) in [6, 6.07) is 4.18. The molecular weight excluding hydrogens is 293 g/mol. The van der Waals surface area contributed by atoms with Crippen molar-refractivity contribution in [1.29, 1.82) is 0 Å². The van der Waals surface area contributed by atoms with Gasteiger partial charge in [-0.15, -0.1) is 0 Å². The van der Waals surface area contributed by atoms with Crippen LogP contribution in [-0.4, -0.2) is 40.2 Å². The summed E-state index contributed by atoms with van der Waals surface area (Å²) in [6.07, 6.45) is -4.57. The van der Waals surface area contributed by atoms with Gasteiger partial charge in [-0.3, -0.25) is 19.8 Å². The number of alkyl halides is 3. The van der Waals surface area contributed by atoms with Crippen LogP contribution in [0.3, 0.4) is 0 Å². The van der Waals surface area contributed by atoms with E-state index in [-0.39, 0.29) is 11.3 Å². The average molecular weight is 306 g/mol. The number of nitrogens with zero attached hydrogens (tertiary/aromatic N) is 2. The SMILES string of the molecule is CC(c1cccc([N+](=O)[O-])c1)N(CC(=O)O)CC(F)(F)F. The Morgan fingerprint density at radius 1 is 1.48 bits per heavy atom. The number of carboxylic acids is 1. The van der Waals surface area contributed by atoms with Crippen molar-refractivity contribution in [2.75, 3.05) is 13.1 Å². The summed E-state index contributed by atoms with van der Waals surface area (Å²) in [6.45, 7) is -0.861. The van der Waals surface area contributed by atoms with Crippen molar-refractivity contribution in [3.63, 3.8) is 0 Å². The minimum Gasteiger partial charge on any atom is -0.480 e. The zero-order chi connectivity index (χ0) is 16.2. The van der Waals surface area contributed by atoms with Crippen LogP contribution in [0.2, 0.25) is 0 Å². The van der Waals surface area contributed by atoms with Crippen LogP contribution < -0.4 is 0 Å². The van der Waals surface area contributed by atoms with E-state index in [4.69, 9.17) is 5.11 Å². The maximum Gasteiger partial charge on any atom is 0.401 e. The van der Waals surface area contributed by atoms with Crippen LogP contribution >= 0.6 is 0 Å². The van der Waals surface area contributed by atoms with E-state index in [0.29, 0.717) is 4.90 Å². The topological polar surface area (TPSA) is 83.7 Å². The van der Waals surface area contributed by atoms with Gasteiger partial charge in [0.1, 0.15) is 0 Å². The first-order valence-corrected chi connectivity index (χ1v) is 5.87. The van der Waals surface area contributed by atoms with Crippen LogP contribution in [0.1, 0.15) is 18.5 Å². The third-order valence-corrected chi connectivity index (χ3v) is 2.83. The van der Waals surface area contributed by atoms with Crippen molar-refractivity contribution in [3.8, 4) is 0 Å². The lowest BCUT2D eigenvalue weighted by atomic mass is 10.1. The molecule has 1 unspecified atom stereocenters. The van der Waals surface area contributed by atoms with E-state index in [1.165, 1.54) is 25.1 Å². The summed E-state index contributed by atoms with van der Waals surface area (Å²) in [5.41, 5.74) is -0.0173. The maximum atomic E-state index is 12.5. The highest BCUT2D eigenvalue weighted by Gasteiger charge is 2.34. The molecule has 6 nitrogen and oxygen atoms in total. The molecule has 0 aliphatic rings. The van der Waals surface area contributed by atoms with E-state index < -0.39 is 36.2 Å². The number of carboxylic acid groups (broad SMARTS) is 1. The molecule has 1 N–H and O–H groups in total. The Morgan fingerprint density at radius 3 is 2.57 bits per heavy atom. The Morgan fingerprint density at radius 2 is 2.10 bits per heavy atom. The third kappa shape index (κ3) is 5.38. The van der Waals surface area contributed by atoms with Crippen molar-refractivity contribution in [2.45, 2.75) is 19.1 Å². The molecule has 116 valence electrons. The normalized spacial score (nSPS) is 13.2. The Kier molecular flexibility index (Phi) is 5.25. The van der Waals surface area contributed by atoms with Crippen LogP contribution in [0.15, 0.2) is 24.3 Å². The fourth-order valence-electron chi connectivity index (χ4n) is 1.84. The first kappa shape index (κ1) is 16.9. The predicted octanol–water partition coefficient (Wildman–Crippen LogP) is 2.60. The molecule has 1 atom stereocenters. The monoisotopic (exact) mass is 306 g/mol. The van der Waals surface area contributed by atoms with Gasteiger partial charge in [0.05, 0.1) is 18.0 Å². The van der Waals surface area contributed by atoms with E-state index in [1.807, 2.05) is 0 Å². The Labute approximate surface area is 117 Å². The number of aliphatic carboxylic acids is 1. The van der Waals surface area contributed by atoms with Crippen molar-refractivity contribution in [3.05, 3.63) is 39.9 Å². The lowest BCUT2D eigenvalue weighted by Crippen LogP contribution is -2.39. The van der Waals surface area contributed by atoms with E-state index in [0.717, 1.165) is 6.07 Å². The van der Waals surface area contributed by atoms with Gasteiger partial charge in [-0.2, -0.15) is 13.2 Å². The number of rotatable bonds is 6. The third-order valence-electron chi connectivity index (χ3n) is 2.83. The van der Waals surface area contributed by atoms with Gasteiger partial charge in [-0.05, 0) is 12.5 Å². The Balaban J connectivity index is 3.03. The van der Waals surface area contributed by atoms with Crippen molar-refractivity contribution < 1.29 is 28.0 Å². The first-order valence-electron chi connectivity index (χ1n) is 5.87. The van der Waals surface area contributed by atoms with E-state index in [2.05, 4.69) is 0 Å². The molecule has 1 rings (SSSR count). The maximum absolute atomic E-state index is 12.5. The number of hydrogen-bond donors (Lipinski definition) is 1. The highest BCUT2D eigenvalue weighted by Crippen LogP contribution is 2.27. The van der Waals surface area contributed by atoms with Gasteiger partial charge >= 0.3 is 12.1 Å². The predicted molar refractivity (Wildman–Crippen MR) is 66.8 cm³/mol. The summed E-state index contributed by atoms with van der Waals surface area (Å²) in [4.78, 5) is 21.4. The molecule has 1 aromatic rings. The summed E-state index contributed by atoms with van der Waals surface area (Å²) >= 11 is 0. The second kappa shape index (κ2) is 6.53. The van der Waals surface area contributed by atoms with E-state index in [1.54, 1.807) is 0 Å². The molecule has 21 heavy (non-hydrogen) atoms. The molecule has 0 aliphatic heterocycles. The van der Waals surface area contributed by atoms with Crippen molar-refractivity contribution >= 4 is 11.7 Å². The molecule has 0 bridgehead atoms. The number of hydrogen-bond acceptors (Lipinski definition) is 4. The quantitative estimate of drug-likeness (QED) is 0.645. The van der Waals surface area contributed by atoms with Gasteiger partial charge in [-0.1, -0.05) is 12.1 Å². The van der Waals surface area contributed by atoms with Gasteiger partial charge in [0.15, 0.2) is 0 Å². The van der Waals surface area contributed by atoms with Crippen molar-refractivity contribution in [1.82, 2.24) is 4.90 Å². The minimum atomic E-state index is -4.57. The molecular formula is C12H13F3N2O4. The zero-order valence-electron chi connectivity index (χ0n) is 11.0. The van der Waals surface area contributed by atoms with E-state index in [9.17, 15) is 28.1 Å². The highest BCUT2D eigenvalue weighted by molar-refractivity contribution is 5.69. The van der Waals surface area contributed by atoms with Crippen LogP contribution in [0, 0.1) is 10.1 Å². The molecule has 0 saturated carbocycles. The standard InChI is InChI=1S/C12H13F3N2O4/c1-8(9-3-2-4-10(5-9)17(20)21)16(6-11(18)19)7-12(13,14)15/h2-5,8H,6-7H2,1H3,(H,18,19). The number of nitro benzene ring substituents is 1. The number of carbonyl (C=O) groups is 1. The summed E-state index contributed by atoms with van der Waals surface area (Å²) in [5, 5.41) is 19.4. The number of halogens is 3. The molecule has 0 heterocycles. The average Bonchev–Trinajstić information content (AvgIpc) is 2.35. The molecule has 1 aromatic carbocycles. The van der Waals surface area contributed by atoms with Gasteiger partial charge in [0.2, 0.25) is 0 Å². The fraction of sp³-hybridized carbons (Fsp3) is 0.417. The van der Waals surface area contributed by atoms with Crippen LogP contribution in [0.5, 0.6) is 0 Å². The van der Waals surface area contributed by atoms with E-state index >= 15 is 0 Å². The fourth-order valence-corrected chi connectivity index (χ4v) is 1.84. The zero-order valence-corrected chi connectivity index (χ0v) is 11.0. The smallest absolute Gasteiger partial charge is 0.401 e. The second-order valence-corrected chi connectivity index (χ2v) is 4.44. The van der Waals surface area contributed by atoms with Gasteiger partial charge < -0.3 is 5.11 Å². The van der Waals surface area contributed by atoms with Crippen molar-refractivity contribution in [2.24, 2.45) is 0 Å². The number of nitro groups is 1. The molecule has 0 saturated heterocycles. The summed E-state index contributed by atoms with van der Waals surface area (Å²) in [5.74, 6) is -1.41. The molecule has 0 amide bonds. The lowest BCUT2D eigenvalue weighted by molar-refractivity contribution is -0.384. The number of benzene rings is 1. The Bertz CT molecular complexity index is 533. The summed E-state index contributed by atoms with van der Waals surface area (Å²) in [7, 11) is 0. The van der Waals surface area contributed by atoms with Gasteiger partial charge in [-0.25, -0.2) is 0 Å². The van der Waals surface area contributed by atoms with Crippen LogP contribution in [0.4, 0.5) is 18.9 Å².